The van der Waals surface area contributed by atoms with Gasteiger partial charge in [0.15, 0.2) is 5.60 Å². The summed E-state index contributed by atoms with van der Waals surface area (Å²) in [7, 11) is 0. The molecule has 2 aliphatic heterocycles. The van der Waals surface area contributed by atoms with Crippen molar-refractivity contribution in [1.29, 1.82) is 0 Å². The lowest BCUT2D eigenvalue weighted by Gasteiger charge is -2.26. The summed E-state index contributed by atoms with van der Waals surface area (Å²) in [5.74, 6) is -2.71. The maximum Gasteiger partial charge on any atom is 0.252 e. The summed E-state index contributed by atoms with van der Waals surface area (Å²) in [6.45, 7) is 1.53. The fraction of sp³-hybridized carbons (Fsp3) is 0.211. The van der Waals surface area contributed by atoms with Gasteiger partial charge >= 0.3 is 0 Å². The topological polar surface area (TPSA) is 83.9 Å². The zero-order chi connectivity index (χ0) is 17.8. The van der Waals surface area contributed by atoms with Crippen LogP contribution in [0.1, 0.15) is 25.3 Å². The summed E-state index contributed by atoms with van der Waals surface area (Å²) in [6.07, 6.45) is 0.0797. The number of hydrogen-bond donors (Lipinski definition) is 1. The van der Waals surface area contributed by atoms with E-state index >= 15 is 0 Å². The second-order valence-corrected chi connectivity index (χ2v) is 6.27. The van der Waals surface area contributed by atoms with Gasteiger partial charge in [-0.15, -0.1) is 0 Å². The van der Waals surface area contributed by atoms with E-state index in [1.165, 1.54) is 6.92 Å². The maximum atomic E-state index is 12.8. The first-order chi connectivity index (χ1) is 11.9. The minimum atomic E-state index is -1.51. The number of carbonyl (C=O) groups is 3. The molecule has 126 valence electrons. The largest absolute Gasteiger partial charge is 0.501 e. The molecular formula is C19H15NO5. The van der Waals surface area contributed by atoms with Crippen molar-refractivity contribution in [3.05, 3.63) is 59.7 Å². The molecule has 0 aromatic heterocycles. The molecule has 2 aliphatic rings. The van der Waals surface area contributed by atoms with Crippen LogP contribution in [0, 0.1) is 0 Å². The molecule has 1 saturated heterocycles. The highest BCUT2D eigenvalue weighted by Gasteiger charge is 2.52. The van der Waals surface area contributed by atoms with Gasteiger partial charge in [-0.1, -0.05) is 42.5 Å². The summed E-state index contributed by atoms with van der Waals surface area (Å²) in [5, 5.41) is 12.0. The predicted octanol–water partition coefficient (Wildman–Crippen LogP) is 2.53. The monoisotopic (exact) mass is 337 g/mol. The van der Waals surface area contributed by atoms with Gasteiger partial charge < -0.3 is 9.84 Å². The summed E-state index contributed by atoms with van der Waals surface area (Å²) < 4.78 is 5.76. The summed E-state index contributed by atoms with van der Waals surface area (Å²) in [4.78, 5) is 37.4. The van der Waals surface area contributed by atoms with Crippen LogP contribution in [-0.4, -0.2) is 27.6 Å². The number of hydrogen-bond acceptors (Lipinski definition) is 5. The van der Waals surface area contributed by atoms with Crippen LogP contribution in [0.3, 0.4) is 0 Å². The highest BCUT2D eigenvalue weighted by Crippen LogP contribution is 2.42. The molecule has 25 heavy (non-hydrogen) atoms. The van der Waals surface area contributed by atoms with E-state index in [1.807, 2.05) is 30.3 Å². The van der Waals surface area contributed by atoms with Crippen LogP contribution in [0.2, 0.25) is 0 Å². The lowest BCUT2D eigenvalue weighted by atomic mass is 9.88. The Bertz CT molecular complexity index is 955. The second-order valence-electron chi connectivity index (χ2n) is 6.27. The van der Waals surface area contributed by atoms with E-state index < -0.39 is 29.0 Å². The minimum absolute atomic E-state index is 0.0398. The Morgan fingerprint density at radius 2 is 1.64 bits per heavy atom. The Morgan fingerprint density at radius 1 is 1.00 bits per heavy atom. The second kappa shape index (κ2) is 5.17. The molecule has 1 fully saturated rings. The smallest absolute Gasteiger partial charge is 0.252 e. The molecule has 1 unspecified atom stereocenters. The quantitative estimate of drug-likeness (QED) is 0.851. The van der Waals surface area contributed by atoms with Crippen molar-refractivity contribution >= 4 is 28.4 Å². The molecule has 2 amide bonds. The minimum Gasteiger partial charge on any atom is -0.501 e. The first-order valence-electron chi connectivity index (χ1n) is 7.94. The lowest BCUT2D eigenvalue weighted by Crippen LogP contribution is -2.34. The number of likely N-dealkylation sites (tertiary alicyclic amines) is 1. The maximum absolute atomic E-state index is 12.8. The SMILES string of the molecule is CC1(c2cccc3ccccc23)OC(N2C(=O)CCC2=O)=C(O)C1=O. The lowest BCUT2D eigenvalue weighted by molar-refractivity contribution is -0.144. The van der Waals surface area contributed by atoms with Gasteiger partial charge in [0.1, 0.15) is 0 Å². The third kappa shape index (κ3) is 2.07. The standard InChI is InChI=1S/C19H15NO5/c1-19(13-8-4-6-11-5-2-3-7-12(11)13)17(24)16(23)18(25-19)20-14(21)9-10-15(20)22/h2-8,23H,9-10H2,1H3. The Balaban J connectivity index is 1.83. The highest BCUT2D eigenvalue weighted by molar-refractivity contribution is 6.09. The number of carbonyl (C=O) groups excluding carboxylic acids is 3. The molecule has 6 heteroatoms. The number of benzene rings is 2. The molecule has 4 rings (SSSR count). The highest BCUT2D eigenvalue weighted by atomic mass is 16.5. The molecule has 6 nitrogen and oxygen atoms in total. The zero-order valence-electron chi connectivity index (χ0n) is 13.5. The number of amides is 2. The van der Waals surface area contributed by atoms with E-state index in [2.05, 4.69) is 0 Å². The molecule has 0 spiro atoms. The number of Topliss-reactive ketones (excluding diaryl/α,β-unsaturated/α-hetero) is 1. The third-order valence-electron chi connectivity index (χ3n) is 4.71. The van der Waals surface area contributed by atoms with Crippen LogP contribution in [0.25, 0.3) is 10.8 Å². The van der Waals surface area contributed by atoms with E-state index in [-0.39, 0.29) is 18.7 Å². The number of aliphatic hydroxyl groups is 1. The number of fused-ring (bicyclic) bond motifs is 1. The number of ether oxygens (including phenoxy) is 1. The van der Waals surface area contributed by atoms with Gasteiger partial charge in [-0.3, -0.25) is 14.4 Å². The fourth-order valence-corrected chi connectivity index (χ4v) is 3.38. The molecule has 0 aliphatic carbocycles. The van der Waals surface area contributed by atoms with Crippen molar-refractivity contribution in [3.8, 4) is 0 Å². The predicted molar refractivity (Wildman–Crippen MR) is 88.1 cm³/mol. The van der Waals surface area contributed by atoms with Crippen LogP contribution in [-0.2, 0) is 24.7 Å². The van der Waals surface area contributed by atoms with Crippen molar-refractivity contribution in [2.75, 3.05) is 0 Å². The van der Waals surface area contributed by atoms with E-state index in [0.29, 0.717) is 5.56 Å². The third-order valence-corrected chi connectivity index (χ3v) is 4.71. The molecule has 2 aromatic rings. The van der Waals surface area contributed by atoms with Gasteiger partial charge in [-0.2, -0.15) is 0 Å². The molecular weight excluding hydrogens is 322 g/mol. The van der Waals surface area contributed by atoms with Gasteiger partial charge in [0.2, 0.25) is 17.6 Å². The summed E-state index contributed by atoms with van der Waals surface area (Å²) in [6, 6.07) is 12.9. The number of rotatable bonds is 2. The van der Waals surface area contributed by atoms with Crippen LogP contribution >= 0.6 is 0 Å². The number of ketones is 1. The van der Waals surface area contributed by atoms with Crippen molar-refractivity contribution in [2.45, 2.75) is 25.4 Å². The van der Waals surface area contributed by atoms with E-state index in [9.17, 15) is 19.5 Å². The van der Waals surface area contributed by atoms with Gasteiger partial charge in [0.25, 0.3) is 11.7 Å². The Morgan fingerprint density at radius 3 is 2.36 bits per heavy atom. The number of imide groups is 1. The van der Waals surface area contributed by atoms with Gasteiger partial charge in [-0.25, -0.2) is 4.90 Å². The summed E-state index contributed by atoms with van der Waals surface area (Å²) >= 11 is 0. The number of aliphatic hydroxyl groups excluding tert-OH is 1. The van der Waals surface area contributed by atoms with E-state index in [4.69, 9.17) is 4.74 Å². The Hall–Kier alpha value is -3.15. The van der Waals surface area contributed by atoms with E-state index in [0.717, 1.165) is 15.7 Å². The average molecular weight is 337 g/mol. The normalized spacial score (nSPS) is 23.7. The zero-order valence-corrected chi connectivity index (χ0v) is 13.5. The first-order valence-corrected chi connectivity index (χ1v) is 7.94. The average Bonchev–Trinajstić information content (AvgIpc) is 3.06. The van der Waals surface area contributed by atoms with Crippen LogP contribution in [0.4, 0.5) is 0 Å². The molecule has 0 saturated carbocycles. The van der Waals surface area contributed by atoms with Crippen LogP contribution in [0.5, 0.6) is 0 Å². The van der Waals surface area contributed by atoms with Crippen molar-refractivity contribution in [2.24, 2.45) is 0 Å². The van der Waals surface area contributed by atoms with Gasteiger partial charge in [-0.05, 0) is 17.7 Å². The summed E-state index contributed by atoms with van der Waals surface area (Å²) in [5.41, 5.74) is -0.945. The number of nitrogens with zero attached hydrogens (tertiary/aromatic N) is 1. The van der Waals surface area contributed by atoms with Gasteiger partial charge in [0.05, 0.1) is 0 Å². The molecule has 2 aromatic carbocycles. The van der Waals surface area contributed by atoms with Gasteiger partial charge in [0, 0.05) is 18.4 Å². The Kier molecular flexibility index (Phi) is 3.18. The van der Waals surface area contributed by atoms with Crippen molar-refractivity contribution < 1.29 is 24.2 Å². The van der Waals surface area contributed by atoms with E-state index in [1.54, 1.807) is 12.1 Å². The molecule has 0 radical (unpaired) electrons. The molecule has 1 N–H and O–H groups in total. The molecule has 1 atom stereocenters. The molecule has 2 heterocycles. The van der Waals surface area contributed by atoms with Crippen LogP contribution in [0.15, 0.2) is 54.1 Å². The Labute approximate surface area is 143 Å². The van der Waals surface area contributed by atoms with Crippen LogP contribution < -0.4 is 0 Å². The van der Waals surface area contributed by atoms with Crippen molar-refractivity contribution in [3.63, 3.8) is 0 Å². The van der Waals surface area contributed by atoms with Crippen molar-refractivity contribution in [1.82, 2.24) is 4.90 Å². The fourth-order valence-electron chi connectivity index (χ4n) is 3.38. The first kappa shape index (κ1) is 15.4. The molecule has 0 bridgehead atoms.